The van der Waals surface area contributed by atoms with Gasteiger partial charge in [-0.05, 0) is 17.7 Å². The summed E-state index contributed by atoms with van der Waals surface area (Å²) in [6, 6.07) is 6.69. The molecule has 0 unspecified atom stereocenters. The Morgan fingerprint density at radius 3 is 2.60 bits per heavy atom. The maximum Gasteiger partial charge on any atom is 0.335 e. The zero-order chi connectivity index (χ0) is 10.7. The first-order valence-electron chi connectivity index (χ1n) is 4.40. The van der Waals surface area contributed by atoms with Gasteiger partial charge in [-0.2, -0.15) is 5.10 Å². The second-order valence-electron chi connectivity index (χ2n) is 3.10. The molecule has 0 amide bonds. The average molecular weight is 203 g/mol. The Labute approximate surface area is 86.0 Å². The Morgan fingerprint density at radius 1 is 1.33 bits per heavy atom. The van der Waals surface area contributed by atoms with E-state index in [1.165, 1.54) is 6.33 Å². The fraction of sp³-hybridized carbons (Fsp3) is 0.100. The van der Waals surface area contributed by atoms with Crippen LogP contribution in [-0.2, 0) is 6.54 Å². The molecule has 0 atom stereocenters. The number of carbonyl (C=O) groups is 1. The van der Waals surface area contributed by atoms with Crippen molar-refractivity contribution in [2.24, 2.45) is 0 Å². The van der Waals surface area contributed by atoms with Gasteiger partial charge in [0.05, 0.1) is 12.1 Å². The molecular formula is C10H9N3O2. The van der Waals surface area contributed by atoms with Crippen LogP contribution in [0.5, 0.6) is 0 Å². The van der Waals surface area contributed by atoms with Gasteiger partial charge in [0.1, 0.15) is 12.7 Å². The van der Waals surface area contributed by atoms with Crippen LogP contribution in [-0.4, -0.2) is 25.8 Å². The lowest BCUT2D eigenvalue weighted by Gasteiger charge is -2.01. The molecule has 0 fully saturated rings. The molecule has 0 aliphatic carbocycles. The summed E-state index contributed by atoms with van der Waals surface area (Å²) in [5, 5.41) is 12.7. The third-order valence-corrected chi connectivity index (χ3v) is 2.01. The minimum Gasteiger partial charge on any atom is -0.478 e. The van der Waals surface area contributed by atoms with Crippen molar-refractivity contribution in [3.05, 3.63) is 48.0 Å². The molecule has 2 aromatic rings. The summed E-state index contributed by atoms with van der Waals surface area (Å²) < 4.78 is 1.68. The number of hydrogen-bond donors (Lipinski definition) is 1. The van der Waals surface area contributed by atoms with E-state index in [9.17, 15) is 4.79 Å². The van der Waals surface area contributed by atoms with Crippen molar-refractivity contribution in [3.63, 3.8) is 0 Å². The highest BCUT2D eigenvalue weighted by Gasteiger charge is 2.01. The largest absolute Gasteiger partial charge is 0.478 e. The van der Waals surface area contributed by atoms with Gasteiger partial charge >= 0.3 is 5.97 Å². The van der Waals surface area contributed by atoms with Crippen molar-refractivity contribution in [1.29, 1.82) is 0 Å². The second-order valence-corrected chi connectivity index (χ2v) is 3.10. The Hall–Kier alpha value is -2.17. The maximum atomic E-state index is 10.6. The Kier molecular flexibility index (Phi) is 2.45. The van der Waals surface area contributed by atoms with E-state index in [0.717, 1.165) is 5.56 Å². The molecule has 5 heteroatoms. The number of nitrogens with zero attached hydrogens (tertiary/aromatic N) is 3. The summed E-state index contributed by atoms with van der Waals surface area (Å²) in [5.74, 6) is -0.915. The van der Waals surface area contributed by atoms with E-state index >= 15 is 0 Å². The standard InChI is InChI=1S/C10H9N3O2/c14-10(15)9-3-1-8(2-4-9)5-13-7-11-6-12-13/h1-4,6-7H,5H2,(H,14,15). The van der Waals surface area contributed by atoms with Crippen LogP contribution in [0.15, 0.2) is 36.9 Å². The van der Waals surface area contributed by atoms with Crippen molar-refractivity contribution in [2.75, 3.05) is 0 Å². The van der Waals surface area contributed by atoms with Gasteiger partial charge in [0.15, 0.2) is 0 Å². The molecule has 1 heterocycles. The summed E-state index contributed by atoms with van der Waals surface area (Å²) in [6.45, 7) is 0.597. The first-order valence-corrected chi connectivity index (χ1v) is 4.40. The lowest BCUT2D eigenvalue weighted by molar-refractivity contribution is 0.0697. The van der Waals surface area contributed by atoms with Crippen molar-refractivity contribution in [2.45, 2.75) is 6.54 Å². The highest BCUT2D eigenvalue weighted by atomic mass is 16.4. The van der Waals surface area contributed by atoms with Gasteiger partial charge in [-0.15, -0.1) is 0 Å². The molecule has 0 spiro atoms. The Bertz CT molecular complexity index is 448. The molecule has 2 rings (SSSR count). The van der Waals surface area contributed by atoms with Crippen LogP contribution in [0.3, 0.4) is 0 Å². The first kappa shape index (κ1) is 9.39. The highest BCUT2D eigenvalue weighted by Crippen LogP contribution is 2.05. The summed E-state index contributed by atoms with van der Waals surface area (Å²) in [7, 11) is 0. The van der Waals surface area contributed by atoms with Crippen LogP contribution in [0, 0.1) is 0 Å². The summed E-state index contributed by atoms with van der Waals surface area (Å²) in [4.78, 5) is 14.4. The lowest BCUT2D eigenvalue weighted by Crippen LogP contribution is -2.01. The van der Waals surface area contributed by atoms with Gasteiger partial charge in [-0.3, -0.25) is 0 Å². The second kappa shape index (κ2) is 3.91. The topological polar surface area (TPSA) is 68.0 Å². The van der Waals surface area contributed by atoms with Crippen LogP contribution in [0.25, 0.3) is 0 Å². The fourth-order valence-corrected chi connectivity index (χ4v) is 1.25. The molecule has 1 aromatic heterocycles. The Morgan fingerprint density at radius 2 is 2.07 bits per heavy atom. The third-order valence-electron chi connectivity index (χ3n) is 2.01. The van der Waals surface area contributed by atoms with Gasteiger partial charge in [-0.25, -0.2) is 14.5 Å². The summed E-state index contributed by atoms with van der Waals surface area (Å²) in [5.41, 5.74) is 1.28. The van der Waals surface area contributed by atoms with Gasteiger partial charge in [0, 0.05) is 0 Å². The molecule has 0 bridgehead atoms. The molecular weight excluding hydrogens is 194 g/mol. The van der Waals surface area contributed by atoms with Crippen molar-refractivity contribution in [1.82, 2.24) is 14.8 Å². The molecule has 76 valence electrons. The number of benzene rings is 1. The molecule has 0 radical (unpaired) electrons. The highest BCUT2D eigenvalue weighted by molar-refractivity contribution is 5.87. The minimum absolute atomic E-state index is 0.289. The van der Waals surface area contributed by atoms with E-state index in [-0.39, 0.29) is 5.56 Å². The zero-order valence-corrected chi connectivity index (χ0v) is 7.87. The molecule has 1 aromatic carbocycles. The van der Waals surface area contributed by atoms with Crippen molar-refractivity contribution < 1.29 is 9.90 Å². The minimum atomic E-state index is -0.915. The predicted molar refractivity (Wildman–Crippen MR) is 52.5 cm³/mol. The van der Waals surface area contributed by atoms with Crippen LogP contribution < -0.4 is 0 Å². The van der Waals surface area contributed by atoms with Crippen LogP contribution in [0.4, 0.5) is 0 Å². The first-order chi connectivity index (χ1) is 7.25. The van der Waals surface area contributed by atoms with E-state index in [0.29, 0.717) is 6.54 Å². The molecule has 5 nitrogen and oxygen atoms in total. The lowest BCUT2D eigenvalue weighted by atomic mass is 10.1. The van der Waals surface area contributed by atoms with Crippen LogP contribution in [0.1, 0.15) is 15.9 Å². The monoisotopic (exact) mass is 203 g/mol. The molecule has 15 heavy (non-hydrogen) atoms. The van der Waals surface area contributed by atoms with Gasteiger partial charge in [0.25, 0.3) is 0 Å². The summed E-state index contributed by atoms with van der Waals surface area (Å²) in [6.07, 6.45) is 3.08. The van der Waals surface area contributed by atoms with Crippen molar-refractivity contribution >= 4 is 5.97 Å². The van der Waals surface area contributed by atoms with E-state index in [2.05, 4.69) is 10.1 Å². The van der Waals surface area contributed by atoms with Gasteiger partial charge in [-0.1, -0.05) is 12.1 Å². The number of aromatic nitrogens is 3. The number of hydrogen-bond acceptors (Lipinski definition) is 3. The number of carboxylic acids is 1. The predicted octanol–water partition coefficient (Wildman–Crippen LogP) is 1.02. The molecule has 1 N–H and O–H groups in total. The quantitative estimate of drug-likeness (QED) is 0.808. The van der Waals surface area contributed by atoms with Crippen LogP contribution in [0.2, 0.25) is 0 Å². The molecule has 0 saturated heterocycles. The van der Waals surface area contributed by atoms with E-state index < -0.39 is 5.97 Å². The third kappa shape index (κ3) is 2.19. The number of rotatable bonds is 3. The SMILES string of the molecule is O=C(O)c1ccc(Cn2cncn2)cc1. The van der Waals surface area contributed by atoms with E-state index in [4.69, 9.17) is 5.11 Å². The van der Waals surface area contributed by atoms with Gasteiger partial charge < -0.3 is 5.11 Å². The van der Waals surface area contributed by atoms with E-state index in [1.807, 2.05) is 0 Å². The van der Waals surface area contributed by atoms with Gasteiger partial charge in [0.2, 0.25) is 0 Å². The van der Waals surface area contributed by atoms with E-state index in [1.54, 1.807) is 35.3 Å². The summed E-state index contributed by atoms with van der Waals surface area (Å²) >= 11 is 0. The molecule has 0 aliphatic heterocycles. The normalized spacial score (nSPS) is 10.1. The fourth-order valence-electron chi connectivity index (χ4n) is 1.25. The number of aromatic carboxylic acids is 1. The zero-order valence-electron chi connectivity index (χ0n) is 7.87. The van der Waals surface area contributed by atoms with Crippen molar-refractivity contribution in [3.8, 4) is 0 Å². The molecule has 0 aliphatic rings. The molecule has 0 saturated carbocycles. The van der Waals surface area contributed by atoms with Crippen LogP contribution >= 0.6 is 0 Å². The smallest absolute Gasteiger partial charge is 0.335 e. The Balaban J connectivity index is 2.14. The maximum absolute atomic E-state index is 10.6. The average Bonchev–Trinajstić information content (AvgIpc) is 2.71. The number of carboxylic acid groups (broad SMARTS) is 1.